The molecule has 0 bridgehead atoms. The highest BCUT2D eigenvalue weighted by Gasteiger charge is 2.28. The van der Waals surface area contributed by atoms with Crippen LogP contribution < -0.4 is 5.43 Å². The molecule has 0 fully saturated rings. The van der Waals surface area contributed by atoms with Gasteiger partial charge in [0, 0.05) is 21.0 Å². The Hall–Kier alpha value is -2.79. The summed E-state index contributed by atoms with van der Waals surface area (Å²) < 4.78 is 0.672. The van der Waals surface area contributed by atoms with E-state index >= 15 is 0 Å². The average molecular weight is 379 g/mol. The second-order valence-electron chi connectivity index (χ2n) is 5.42. The summed E-state index contributed by atoms with van der Waals surface area (Å²) in [7, 11) is 0. The van der Waals surface area contributed by atoms with Crippen LogP contribution >= 0.6 is 15.9 Å². The van der Waals surface area contributed by atoms with E-state index in [1.807, 2.05) is 36.4 Å². The van der Waals surface area contributed by atoms with Crippen LogP contribution in [0.2, 0.25) is 0 Å². The summed E-state index contributed by atoms with van der Waals surface area (Å²) in [5.41, 5.74) is 4.59. The van der Waals surface area contributed by atoms with E-state index in [2.05, 4.69) is 26.5 Å². The lowest BCUT2D eigenvalue weighted by Crippen LogP contribution is -2.22. The quantitative estimate of drug-likeness (QED) is 0.686. The molecule has 1 N–H and O–H groups in total. The molecule has 24 heavy (non-hydrogen) atoms. The lowest BCUT2D eigenvalue weighted by Gasteiger charge is -2.03. The lowest BCUT2D eigenvalue weighted by atomic mass is 10.1. The maximum absolute atomic E-state index is 12.6. The Morgan fingerprint density at radius 2 is 1.62 bits per heavy atom. The van der Waals surface area contributed by atoms with Crippen LogP contribution in [0.3, 0.4) is 0 Å². The van der Waals surface area contributed by atoms with Gasteiger partial charge in [0.15, 0.2) is 0 Å². The molecular formula is C19H11BrN2O2. The minimum atomic E-state index is -0.370. The van der Waals surface area contributed by atoms with E-state index in [4.69, 9.17) is 0 Å². The van der Waals surface area contributed by atoms with E-state index in [9.17, 15) is 9.59 Å². The van der Waals surface area contributed by atoms with E-state index in [0.29, 0.717) is 15.6 Å². The highest BCUT2D eigenvalue weighted by molar-refractivity contribution is 9.10. The van der Waals surface area contributed by atoms with Crippen LogP contribution in [-0.2, 0) is 0 Å². The molecular weight excluding hydrogens is 368 g/mol. The second kappa shape index (κ2) is 5.69. The summed E-state index contributed by atoms with van der Waals surface area (Å²) >= 11 is 3.33. The molecule has 1 aliphatic rings. The van der Waals surface area contributed by atoms with E-state index in [-0.39, 0.29) is 17.4 Å². The van der Waals surface area contributed by atoms with Gasteiger partial charge in [-0.25, -0.2) is 5.43 Å². The van der Waals surface area contributed by atoms with E-state index < -0.39 is 0 Å². The summed E-state index contributed by atoms with van der Waals surface area (Å²) in [4.78, 5) is 24.9. The molecule has 4 nitrogen and oxygen atoms in total. The Morgan fingerprint density at radius 1 is 0.917 bits per heavy atom. The zero-order valence-corrected chi connectivity index (χ0v) is 14.0. The Bertz CT molecular complexity index is 1040. The number of benzene rings is 3. The van der Waals surface area contributed by atoms with E-state index in [1.54, 1.807) is 24.3 Å². The van der Waals surface area contributed by atoms with Gasteiger partial charge >= 0.3 is 0 Å². The van der Waals surface area contributed by atoms with Gasteiger partial charge in [0.05, 0.1) is 5.56 Å². The molecule has 0 spiro atoms. The average Bonchev–Trinajstić information content (AvgIpc) is 2.88. The Labute approximate surface area is 146 Å². The van der Waals surface area contributed by atoms with Gasteiger partial charge in [0.25, 0.3) is 5.91 Å². The summed E-state index contributed by atoms with van der Waals surface area (Å²) in [6, 6.07) is 18.3. The number of rotatable bonds is 2. The maximum atomic E-state index is 12.6. The fourth-order valence-corrected chi connectivity index (χ4v) is 3.37. The largest absolute Gasteiger partial charge is 0.287 e. The highest BCUT2D eigenvalue weighted by atomic mass is 79.9. The van der Waals surface area contributed by atoms with Gasteiger partial charge in [-0.3, -0.25) is 9.59 Å². The predicted molar refractivity (Wildman–Crippen MR) is 96.4 cm³/mol. The van der Waals surface area contributed by atoms with Crippen LogP contribution in [0.15, 0.2) is 70.2 Å². The van der Waals surface area contributed by atoms with Crippen molar-refractivity contribution in [3.05, 3.63) is 81.8 Å². The molecule has 0 radical (unpaired) electrons. The topological polar surface area (TPSA) is 58.5 Å². The number of halogens is 1. The second-order valence-corrected chi connectivity index (χ2v) is 6.27. The summed E-state index contributed by atoms with van der Waals surface area (Å²) in [6.07, 6.45) is 0. The molecule has 3 aromatic carbocycles. The third kappa shape index (κ3) is 2.25. The molecule has 5 heteroatoms. The number of amides is 1. The van der Waals surface area contributed by atoms with Crippen LogP contribution in [0.4, 0.5) is 0 Å². The molecule has 0 aromatic heterocycles. The van der Waals surface area contributed by atoms with Gasteiger partial charge in [-0.15, -0.1) is 0 Å². The monoisotopic (exact) mass is 378 g/mol. The van der Waals surface area contributed by atoms with Crippen LogP contribution in [0.5, 0.6) is 0 Å². The van der Waals surface area contributed by atoms with Crippen molar-refractivity contribution in [1.29, 1.82) is 0 Å². The zero-order valence-electron chi connectivity index (χ0n) is 12.4. The fraction of sp³-hybridized carbons (Fsp3) is 0. The number of carbonyl (C=O) groups excluding carboxylic acids is 2. The number of nitrogens with one attached hydrogen (secondary N) is 1. The van der Waals surface area contributed by atoms with Gasteiger partial charge in [0.2, 0.25) is 5.78 Å². The first-order valence-corrected chi connectivity index (χ1v) is 8.15. The molecule has 0 unspecified atom stereocenters. The molecule has 3 aromatic rings. The van der Waals surface area contributed by atoms with Crippen LogP contribution in [-0.4, -0.2) is 17.4 Å². The molecule has 0 heterocycles. The predicted octanol–water partition coefficient (Wildman–Crippen LogP) is 3.93. The first-order valence-electron chi connectivity index (χ1n) is 7.36. The van der Waals surface area contributed by atoms with Crippen molar-refractivity contribution in [1.82, 2.24) is 5.43 Å². The maximum Gasteiger partial charge on any atom is 0.272 e. The number of hydrazone groups is 1. The van der Waals surface area contributed by atoms with Crippen molar-refractivity contribution in [2.75, 3.05) is 0 Å². The standard InChI is InChI=1S/C19H11BrN2O2/c20-15-10-2-1-7-12(15)19(24)22-21-17-13-8-3-5-11-6-4-9-14(16(11)13)18(17)23/h1-10H,(H,22,24). The van der Waals surface area contributed by atoms with Crippen molar-refractivity contribution in [3.8, 4) is 0 Å². The van der Waals surface area contributed by atoms with Gasteiger partial charge in [0.1, 0.15) is 5.71 Å². The van der Waals surface area contributed by atoms with Crippen molar-refractivity contribution in [2.45, 2.75) is 0 Å². The first-order chi connectivity index (χ1) is 11.7. The summed E-state index contributed by atoms with van der Waals surface area (Å²) in [6.45, 7) is 0. The van der Waals surface area contributed by atoms with E-state index in [0.717, 1.165) is 16.3 Å². The molecule has 0 atom stereocenters. The number of hydrogen-bond donors (Lipinski definition) is 1. The third-order valence-corrected chi connectivity index (χ3v) is 4.70. The van der Waals surface area contributed by atoms with Crippen LogP contribution in [0.1, 0.15) is 26.3 Å². The number of carbonyl (C=O) groups is 2. The fourth-order valence-electron chi connectivity index (χ4n) is 2.90. The summed E-state index contributed by atoms with van der Waals surface area (Å²) in [5.74, 6) is -0.542. The van der Waals surface area contributed by atoms with Crippen molar-refractivity contribution in [2.24, 2.45) is 5.10 Å². The summed E-state index contributed by atoms with van der Waals surface area (Å²) in [5, 5.41) is 5.98. The number of hydrogen-bond acceptors (Lipinski definition) is 3. The van der Waals surface area contributed by atoms with E-state index in [1.165, 1.54) is 0 Å². The molecule has 0 saturated heterocycles. The number of nitrogens with zero attached hydrogens (tertiary/aromatic N) is 1. The highest BCUT2D eigenvalue weighted by Crippen LogP contribution is 2.30. The first kappa shape index (κ1) is 14.8. The molecule has 116 valence electrons. The molecule has 0 aliphatic heterocycles. The molecule has 1 aliphatic carbocycles. The third-order valence-electron chi connectivity index (χ3n) is 4.01. The van der Waals surface area contributed by atoms with Gasteiger partial charge in [-0.2, -0.15) is 5.10 Å². The molecule has 1 amide bonds. The SMILES string of the molecule is O=C(NN=C1C(=O)c2cccc3cccc1c23)c1ccccc1Br. The molecule has 4 rings (SSSR count). The normalized spacial score (nSPS) is 14.4. The van der Waals surface area contributed by atoms with Crippen molar-refractivity contribution in [3.63, 3.8) is 0 Å². The Morgan fingerprint density at radius 3 is 2.38 bits per heavy atom. The number of ketones is 1. The zero-order chi connectivity index (χ0) is 16.7. The Balaban J connectivity index is 1.73. The lowest BCUT2D eigenvalue weighted by molar-refractivity contribution is 0.0954. The van der Waals surface area contributed by atoms with Crippen molar-refractivity contribution >= 4 is 44.1 Å². The number of Topliss-reactive ketones (excluding diaryl/α,β-unsaturated/α-hetero) is 1. The minimum Gasteiger partial charge on any atom is -0.287 e. The van der Waals surface area contributed by atoms with Gasteiger partial charge in [-0.05, 0) is 33.4 Å². The minimum absolute atomic E-state index is 0.172. The molecule has 0 saturated carbocycles. The van der Waals surface area contributed by atoms with Crippen LogP contribution in [0, 0.1) is 0 Å². The van der Waals surface area contributed by atoms with Gasteiger partial charge in [-0.1, -0.05) is 48.5 Å². The van der Waals surface area contributed by atoms with Crippen LogP contribution in [0.25, 0.3) is 10.8 Å². The van der Waals surface area contributed by atoms with Gasteiger partial charge < -0.3 is 0 Å². The van der Waals surface area contributed by atoms with Crippen molar-refractivity contribution < 1.29 is 9.59 Å². The smallest absolute Gasteiger partial charge is 0.272 e. The Kier molecular flexibility index (Phi) is 3.50.